The van der Waals surface area contributed by atoms with E-state index in [4.69, 9.17) is 0 Å². The van der Waals surface area contributed by atoms with Gasteiger partial charge in [0, 0.05) is 17.6 Å². The first-order valence-corrected chi connectivity index (χ1v) is 10.5. The molecule has 28 heavy (non-hydrogen) atoms. The van der Waals surface area contributed by atoms with E-state index in [0.29, 0.717) is 22.7 Å². The van der Waals surface area contributed by atoms with Gasteiger partial charge in [0.2, 0.25) is 0 Å². The molecule has 1 saturated carbocycles. The molecular formula is C22H35F3N2O. The molecule has 0 spiro atoms. The smallest absolute Gasteiger partial charge is 0.348 e. The molecule has 1 aromatic carbocycles. The minimum Gasteiger partial charge on any atom is -0.348 e. The molecule has 0 bridgehead atoms. The van der Waals surface area contributed by atoms with Gasteiger partial charge < -0.3 is 5.32 Å². The Kier molecular flexibility index (Phi) is 9.48. The summed E-state index contributed by atoms with van der Waals surface area (Å²) in [5.74, 6) is -0.257. The van der Waals surface area contributed by atoms with Crippen LogP contribution in [-0.2, 0) is 6.18 Å². The van der Waals surface area contributed by atoms with Crippen LogP contribution in [0, 0.1) is 13.8 Å². The molecule has 2 unspecified atom stereocenters. The number of likely N-dealkylation sites (tertiary alicyclic amines) is 1. The highest BCUT2D eigenvalue weighted by Gasteiger charge is 2.38. The summed E-state index contributed by atoms with van der Waals surface area (Å²) >= 11 is 0. The van der Waals surface area contributed by atoms with Crippen molar-refractivity contribution >= 4 is 5.91 Å². The van der Waals surface area contributed by atoms with Crippen LogP contribution in [0.2, 0.25) is 0 Å². The van der Waals surface area contributed by atoms with Gasteiger partial charge in [0.05, 0.1) is 5.56 Å². The van der Waals surface area contributed by atoms with Crippen LogP contribution >= 0.6 is 0 Å². The normalized spacial score (nSPS) is 21.6. The van der Waals surface area contributed by atoms with Crippen molar-refractivity contribution in [3.05, 3.63) is 34.4 Å². The highest BCUT2D eigenvalue weighted by Crippen LogP contribution is 2.33. The topological polar surface area (TPSA) is 32.3 Å². The zero-order chi connectivity index (χ0) is 21.5. The van der Waals surface area contributed by atoms with Crippen molar-refractivity contribution in [1.29, 1.82) is 0 Å². The van der Waals surface area contributed by atoms with Gasteiger partial charge in [-0.2, -0.15) is 13.2 Å². The van der Waals surface area contributed by atoms with Crippen LogP contribution in [0.25, 0.3) is 0 Å². The maximum atomic E-state index is 12.9. The van der Waals surface area contributed by atoms with Gasteiger partial charge in [-0.05, 0) is 75.9 Å². The summed E-state index contributed by atoms with van der Waals surface area (Å²) in [6.45, 7) is 13.3. The number of benzene rings is 1. The molecule has 0 radical (unpaired) electrons. The molecule has 0 aromatic heterocycles. The van der Waals surface area contributed by atoms with Gasteiger partial charge in [-0.3, -0.25) is 9.69 Å². The molecule has 1 saturated heterocycles. The lowest BCUT2D eigenvalue weighted by atomic mass is 9.84. The molecule has 2 fully saturated rings. The van der Waals surface area contributed by atoms with E-state index >= 15 is 0 Å². The number of nitrogens with one attached hydrogen (secondary N) is 1. The summed E-state index contributed by atoms with van der Waals surface area (Å²) < 4.78 is 38.6. The third kappa shape index (κ3) is 5.72. The van der Waals surface area contributed by atoms with Crippen molar-refractivity contribution < 1.29 is 18.0 Å². The van der Waals surface area contributed by atoms with Crippen molar-refractivity contribution in [2.24, 2.45) is 0 Å². The third-order valence-corrected chi connectivity index (χ3v) is 5.25. The average Bonchev–Trinajstić information content (AvgIpc) is 3.14. The van der Waals surface area contributed by atoms with E-state index in [0.717, 1.165) is 38.1 Å². The fourth-order valence-electron chi connectivity index (χ4n) is 3.89. The first-order valence-electron chi connectivity index (χ1n) is 10.5. The second kappa shape index (κ2) is 10.8. The van der Waals surface area contributed by atoms with Crippen LogP contribution in [0.5, 0.6) is 0 Å². The minimum atomic E-state index is -4.39. The molecule has 1 aromatic rings. The standard InChI is InChI=1S/C18H23F3N2O.2C2H6/c1-11-9-13(18(19,20)21)10-12(2)16(11)17(24)22-14-5-6-15(14)23-7-3-4-8-23;2*1-2/h9-10,14-15H,3-8H2,1-2H3,(H,22,24);2*1-2H3. The lowest BCUT2D eigenvalue weighted by molar-refractivity contribution is -0.137. The predicted molar refractivity (Wildman–Crippen MR) is 109 cm³/mol. The first-order chi connectivity index (χ1) is 13.3. The average molecular weight is 401 g/mol. The van der Waals surface area contributed by atoms with E-state index in [9.17, 15) is 18.0 Å². The van der Waals surface area contributed by atoms with Gasteiger partial charge in [0.15, 0.2) is 0 Å². The Morgan fingerprint density at radius 2 is 1.50 bits per heavy atom. The summed E-state index contributed by atoms with van der Waals surface area (Å²) in [4.78, 5) is 15.0. The molecule has 2 aliphatic rings. The molecule has 1 amide bonds. The number of rotatable bonds is 3. The molecule has 1 aliphatic heterocycles. The number of halogens is 3. The highest BCUT2D eigenvalue weighted by molar-refractivity contribution is 5.97. The lowest BCUT2D eigenvalue weighted by Gasteiger charge is -2.43. The molecule has 2 atom stereocenters. The zero-order valence-corrected chi connectivity index (χ0v) is 18.0. The summed E-state index contributed by atoms with van der Waals surface area (Å²) in [6.07, 6.45) is 0.0312. The van der Waals surface area contributed by atoms with Crippen molar-refractivity contribution in [2.45, 2.75) is 85.5 Å². The molecule has 6 heteroatoms. The quantitative estimate of drug-likeness (QED) is 0.703. The fraction of sp³-hybridized carbons (Fsp3) is 0.682. The van der Waals surface area contributed by atoms with Crippen LogP contribution in [0.3, 0.4) is 0 Å². The van der Waals surface area contributed by atoms with Gasteiger partial charge in [-0.25, -0.2) is 0 Å². The van der Waals surface area contributed by atoms with Crippen molar-refractivity contribution in [3.63, 3.8) is 0 Å². The van der Waals surface area contributed by atoms with Gasteiger partial charge in [0.1, 0.15) is 0 Å². The Morgan fingerprint density at radius 1 is 1.00 bits per heavy atom. The molecule has 160 valence electrons. The maximum absolute atomic E-state index is 12.9. The van der Waals surface area contributed by atoms with Crippen LogP contribution in [0.4, 0.5) is 13.2 Å². The Balaban J connectivity index is 0.000000921. The van der Waals surface area contributed by atoms with Crippen molar-refractivity contribution in [1.82, 2.24) is 10.2 Å². The van der Waals surface area contributed by atoms with E-state index in [-0.39, 0.29) is 11.9 Å². The second-order valence-corrected chi connectivity index (χ2v) is 6.95. The van der Waals surface area contributed by atoms with Crippen LogP contribution in [0.1, 0.15) is 80.4 Å². The Hall–Kier alpha value is -1.56. The second-order valence-electron chi connectivity index (χ2n) is 6.95. The molecule has 3 nitrogen and oxygen atoms in total. The van der Waals surface area contributed by atoms with E-state index < -0.39 is 11.7 Å². The maximum Gasteiger partial charge on any atom is 0.416 e. The van der Waals surface area contributed by atoms with Gasteiger partial charge in [-0.1, -0.05) is 27.7 Å². The number of alkyl halides is 3. The summed E-state index contributed by atoms with van der Waals surface area (Å²) in [5.41, 5.74) is 0.413. The molecule has 1 aliphatic carbocycles. The van der Waals surface area contributed by atoms with E-state index in [1.807, 2.05) is 27.7 Å². The number of nitrogens with zero attached hydrogens (tertiary/aromatic N) is 1. The predicted octanol–water partition coefficient (Wildman–Crippen LogP) is 5.73. The summed E-state index contributed by atoms with van der Waals surface area (Å²) in [7, 11) is 0. The number of hydrogen-bond donors (Lipinski definition) is 1. The number of carbonyl (C=O) groups is 1. The van der Waals surface area contributed by atoms with E-state index in [2.05, 4.69) is 10.2 Å². The first kappa shape index (κ1) is 24.5. The monoisotopic (exact) mass is 400 g/mol. The largest absolute Gasteiger partial charge is 0.416 e. The SMILES string of the molecule is CC.CC.Cc1cc(C(F)(F)F)cc(C)c1C(=O)NC1CCC1N1CCCC1. The summed E-state index contributed by atoms with van der Waals surface area (Å²) in [6, 6.07) is 2.60. The number of amides is 1. The summed E-state index contributed by atoms with van der Waals surface area (Å²) in [5, 5.41) is 3.04. The van der Waals surface area contributed by atoms with Gasteiger partial charge >= 0.3 is 6.18 Å². The van der Waals surface area contributed by atoms with Crippen LogP contribution in [0.15, 0.2) is 12.1 Å². The van der Waals surface area contributed by atoms with Crippen LogP contribution in [-0.4, -0.2) is 36.0 Å². The zero-order valence-electron chi connectivity index (χ0n) is 18.0. The van der Waals surface area contributed by atoms with Crippen LogP contribution < -0.4 is 5.32 Å². The Morgan fingerprint density at radius 3 is 1.89 bits per heavy atom. The van der Waals surface area contributed by atoms with Crippen molar-refractivity contribution in [2.75, 3.05) is 13.1 Å². The Labute approximate surface area is 167 Å². The molecule has 3 rings (SSSR count). The number of carbonyl (C=O) groups excluding carboxylic acids is 1. The molecule has 1 heterocycles. The van der Waals surface area contributed by atoms with Gasteiger partial charge in [-0.15, -0.1) is 0 Å². The lowest BCUT2D eigenvalue weighted by Crippen LogP contribution is -2.57. The molecule has 1 N–H and O–H groups in total. The minimum absolute atomic E-state index is 0.108. The van der Waals surface area contributed by atoms with E-state index in [1.54, 1.807) is 13.8 Å². The van der Waals surface area contributed by atoms with Gasteiger partial charge in [0.25, 0.3) is 5.91 Å². The highest BCUT2D eigenvalue weighted by atomic mass is 19.4. The third-order valence-electron chi connectivity index (χ3n) is 5.25. The van der Waals surface area contributed by atoms with E-state index in [1.165, 1.54) is 12.8 Å². The fourth-order valence-corrected chi connectivity index (χ4v) is 3.89. The molecular weight excluding hydrogens is 365 g/mol. The Bertz CT molecular complexity index is 614. The number of aryl methyl sites for hydroxylation is 2. The number of hydrogen-bond acceptors (Lipinski definition) is 2. The van der Waals surface area contributed by atoms with Crippen molar-refractivity contribution in [3.8, 4) is 0 Å².